The van der Waals surface area contributed by atoms with Crippen molar-refractivity contribution in [1.29, 1.82) is 0 Å². The number of carbonyl (C=O) groups is 2. The lowest BCUT2D eigenvalue weighted by atomic mass is 10.2. The van der Waals surface area contributed by atoms with E-state index in [-0.39, 0.29) is 22.8 Å². The highest BCUT2D eigenvalue weighted by Gasteiger charge is 2.21. The van der Waals surface area contributed by atoms with E-state index >= 15 is 0 Å². The number of anilines is 1. The Kier molecular flexibility index (Phi) is 5.15. The Labute approximate surface area is 135 Å². The minimum absolute atomic E-state index is 0.00321. The molecule has 0 radical (unpaired) electrons. The van der Waals surface area contributed by atoms with Gasteiger partial charge < -0.3 is 10.1 Å². The molecule has 0 spiro atoms. The predicted molar refractivity (Wildman–Crippen MR) is 84.4 cm³/mol. The Hall–Kier alpha value is -1.92. The lowest BCUT2D eigenvalue weighted by Crippen LogP contribution is -2.16. The lowest BCUT2D eigenvalue weighted by Gasteiger charge is -2.08. The van der Waals surface area contributed by atoms with Crippen molar-refractivity contribution < 1.29 is 18.7 Å². The standard InChI is InChI=1S/C15H13ClFNO3S/c1-3-21-15(20)9-7-8(2)22-14(9)18-13(19)12-10(16)5-4-6-11(12)17/h4-7H,3H2,1-2H3,(H,18,19). The van der Waals surface area contributed by atoms with Gasteiger partial charge in [-0.25, -0.2) is 9.18 Å². The van der Waals surface area contributed by atoms with Gasteiger partial charge in [0.05, 0.1) is 22.8 Å². The van der Waals surface area contributed by atoms with Crippen LogP contribution in [0.25, 0.3) is 0 Å². The van der Waals surface area contributed by atoms with Crippen LogP contribution in [0.1, 0.15) is 32.5 Å². The van der Waals surface area contributed by atoms with Crippen LogP contribution in [0.2, 0.25) is 5.02 Å². The highest BCUT2D eigenvalue weighted by molar-refractivity contribution is 7.16. The van der Waals surface area contributed by atoms with Gasteiger partial charge in [-0.15, -0.1) is 11.3 Å². The van der Waals surface area contributed by atoms with Crippen molar-refractivity contribution in [2.45, 2.75) is 13.8 Å². The van der Waals surface area contributed by atoms with Crippen LogP contribution in [-0.4, -0.2) is 18.5 Å². The third-order valence-corrected chi connectivity index (χ3v) is 4.05. The zero-order valence-corrected chi connectivity index (χ0v) is 13.5. The van der Waals surface area contributed by atoms with Gasteiger partial charge in [0.1, 0.15) is 10.8 Å². The molecule has 1 aromatic heterocycles. The average molecular weight is 342 g/mol. The first-order chi connectivity index (χ1) is 10.4. The molecule has 2 aromatic rings. The van der Waals surface area contributed by atoms with Crippen LogP contribution in [0.3, 0.4) is 0 Å². The van der Waals surface area contributed by atoms with Crippen molar-refractivity contribution in [1.82, 2.24) is 0 Å². The summed E-state index contributed by atoms with van der Waals surface area (Å²) in [5, 5.41) is 2.83. The van der Waals surface area contributed by atoms with E-state index in [0.717, 1.165) is 10.9 Å². The summed E-state index contributed by atoms with van der Waals surface area (Å²) in [6.07, 6.45) is 0. The van der Waals surface area contributed by atoms with E-state index in [0.29, 0.717) is 5.00 Å². The fourth-order valence-corrected chi connectivity index (χ4v) is 2.99. The van der Waals surface area contributed by atoms with Crippen LogP contribution in [0.15, 0.2) is 24.3 Å². The smallest absolute Gasteiger partial charge is 0.341 e. The van der Waals surface area contributed by atoms with Gasteiger partial charge in [0.2, 0.25) is 0 Å². The summed E-state index contributed by atoms with van der Waals surface area (Å²) in [6.45, 7) is 3.70. The van der Waals surface area contributed by atoms with Crippen molar-refractivity contribution in [3.8, 4) is 0 Å². The monoisotopic (exact) mass is 341 g/mol. The molecule has 0 saturated carbocycles. The molecule has 22 heavy (non-hydrogen) atoms. The van der Waals surface area contributed by atoms with Gasteiger partial charge >= 0.3 is 5.97 Å². The van der Waals surface area contributed by atoms with Gasteiger partial charge in [0, 0.05) is 4.88 Å². The number of ether oxygens (including phenoxy) is 1. The molecule has 4 nitrogen and oxygen atoms in total. The molecule has 0 aliphatic heterocycles. The van der Waals surface area contributed by atoms with Crippen molar-refractivity contribution in [3.63, 3.8) is 0 Å². The van der Waals surface area contributed by atoms with Crippen LogP contribution in [0.5, 0.6) is 0 Å². The molecule has 0 aliphatic carbocycles. The molecule has 0 unspecified atom stereocenters. The van der Waals surface area contributed by atoms with Gasteiger partial charge in [-0.05, 0) is 32.0 Å². The molecule has 2 rings (SSSR count). The van der Waals surface area contributed by atoms with Crippen molar-refractivity contribution in [2.24, 2.45) is 0 Å². The summed E-state index contributed by atoms with van der Waals surface area (Å²) in [6, 6.07) is 5.59. The first-order valence-corrected chi connectivity index (χ1v) is 7.66. The maximum Gasteiger partial charge on any atom is 0.341 e. The molecule has 0 bridgehead atoms. The van der Waals surface area contributed by atoms with Gasteiger partial charge in [-0.1, -0.05) is 17.7 Å². The number of benzene rings is 1. The number of rotatable bonds is 4. The van der Waals surface area contributed by atoms with Gasteiger partial charge in [-0.2, -0.15) is 0 Å². The number of amides is 1. The van der Waals surface area contributed by atoms with Crippen LogP contribution in [0, 0.1) is 12.7 Å². The SMILES string of the molecule is CCOC(=O)c1cc(C)sc1NC(=O)c1c(F)cccc1Cl. The van der Waals surface area contributed by atoms with Crippen molar-refractivity contribution >= 4 is 39.8 Å². The molecule has 7 heteroatoms. The van der Waals surface area contributed by atoms with Gasteiger partial charge in [-0.3, -0.25) is 4.79 Å². The van der Waals surface area contributed by atoms with E-state index in [1.165, 1.54) is 23.5 Å². The molecule has 1 heterocycles. The first-order valence-electron chi connectivity index (χ1n) is 6.47. The van der Waals surface area contributed by atoms with E-state index in [4.69, 9.17) is 16.3 Å². The Balaban J connectivity index is 2.31. The molecule has 1 amide bonds. The molecular formula is C15H13ClFNO3S. The van der Waals surface area contributed by atoms with E-state index < -0.39 is 17.7 Å². The van der Waals surface area contributed by atoms with E-state index in [2.05, 4.69) is 5.32 Å². The Morgan fingerprint density at radius 1 is 1.41 bits per heavy atom. The number of hydrogen-bond donors (Lipinski definition) is 1. The number of hydrogen-bond acceptors (Lipinski definition) is 4. The zero-order valence-electron chi connectivity index (χ0n) is 11.9. The third-order valence-electron chi connectivity index (χ3n) is 2.77. The molecule has 1 N–H and O–H groups in total. The molecule has 116 valence electrons. The number of nitrogens with one attached hydrogen (secondary N) is 1. The average Bonchev–Trinajstić information content (AvgIpc) is 2.79. The summed E-state index contributed by atoms with van der Waals surface area (Å²) < 4.78 is 18.7. The quantitative estimate of drug-likeness (QED) is 0.844. The largest absolute Gasteiger partial charge is 0.462 e. The van der Waals surface area contributed by atoms with Crippen LogP contribution in [0.4, 0.5) is 9.39 Å². The summed E-state index contributed by atoms with van der Waals surface area (Å²) >= 11 is 7.06. The van der Waals surface area contributed by atoms with E-state index in [1.54, 1.807) is 19.9 Å². The topological polar surface area (TPSA) is 55.4 Å². The minimum Gasteiger partial charge on any atom is -0.462 e. The molecule has 1 aromatic carbocycles. The molecular weight excluding hydrogens is 329 g/mol. The van der Waals surface area contributed by atoms with E-state index in [1.807, 2.05) is 0 Å². The van der Waals surface area contributed by atoms with E-state index in [9.17, 15) is 14.0 Å². The fourth-order valence-electron chi connectivity index (χ4n) is 1.85. The maximum atomic E-state index is 13.8. The third kappa shape index (κ3) is 3.45. The summed E-state index contributed by atoms with van der Waals surface area (Å²) in [5.41, 5.74) is -0.0183. The van der Waals surface area contributed by atoms with Crippen LogP contribution < -0.4 is 5.32 Å². The fraction of sp³-hybridized carbons (Fsp3) is 0.200. The maximum absolute atomic E-state index is 13.8. The number of aryl methyl sites for hydroxylation is 1. The summed E-state index contributed by atoms with van der Waals surface area (Å²) in [7, 11) is 0. The number of halogens is 2. The predicted octanol–water partition coefficient (Wildman–Crippen LogP) is 4.28. The number of thiophene rings is 1. The molecule has 0 fully saturated rings. The zero-order chi connectivity index (χ0) is 16.3. The molecule has 0 aliphatic rings. The second kappa shape index (κ2) is 6.89. The summed E-state index contributed by atoms with van der Waals surface area (Å²) in [5.74, 6) is -1.98. The normalized spacial score (nSPS) is 10.4. The number of esters is 1. The minimum atomic E-state index is -0.726. The number of carbonyl (C=O) groups excluding carboxylic acids is 2. The highest BCUT2D eigenvalue weighted by atomic mass is 35.5. The van der Waals surface area contributed by atoms with Crippen molar-refractivity contribution in [2.75, 3.05) is 11.9 Å². The Morgan fingerprint density at radius 3 is 2.77 bits per heavy atom. The highest BCUT2D eigenvalue weighted by Crippen LogP contribution is 2.30. The lowest BCUT2D eigenvalue weighted by molar-refractivity contribution is 0.0528. The Morgan fingerprint density at radius 2 is 2.14 bits per heavy atom. The second-order valence-corrected chi connectivity index (χ2v) is 6.03. The summed E-state index contributed by atoms with van der Waals surface area (Å²) in [4.78, 5) is 24.9. The van der Waals surface area contributed by atoms with Gasteiger partial charge in [0.25, 0.3) is 5.91 Å². The first kappa shape index (κ1) is 16.5. The van der Waals surface area contributed by atoms with Crippen molar-refractivity contribution in [3.05, 3.63) is 51.1 Å². The van der Waals surface area contributed by atoms with Gasteiger partial charge in [0.15, 0.2) is 0 Å². The van der Waals surface area contributed by atoms with Crippen LogP contribution in [-0.2, 0) is 4.74 Å². The molecule has 0 atom stereocenters. The second-order valence-electron chi connectivity index (χ2n) is 4.37. The van der Waals surface area contributed by atoms with Crippen LogP contribution >= 0.6 is 22.9 Å². The molecule has 0 saturated heterocycles. The Bertz CT molecular complexity index is 709.